The number of terminal acetylenes is 1. The van der Waals surface area contributed by atoms with Crippen LogP contribution in [0, 0.1) is 29.6 Å². The van der Waals surface area contributed by atoms with Gasteiger partial charge in [0, 0.05) is 5.41 Å². The van der Waals surface area contributed by atoms with Crippen LogP contribution in [-0.2, 0) is 6.42 Å². The van der Waals surface area contributed by atoms with Gasteiger partial charge < -0.3 is 10.2 Å². The molecule has 122 valence electrons. The van der Waals surface area contributed by atoms with E-state index in [0.29, 0.717) is 23.5 Å². The molecule has 0 aliphatic heterocycles. The number of phenolic OH excluding ortho intramolecular Hbond substituents is 1. The number of hydrogen-bond acceptors (Lipinski definition) is 2. The molecule has 0 aromatic heterocycles. The Kier molecular flexibility index (Phi) is 3.29. The third-order valence-corrected chi connectivity index (χ3v) is 7.43. The zero-order valence-corrected chi connectivity index (χ0v) is 13.9. The summed E-state index contributed by atoms with van der Waals surface area (Å²) in [5.41, 5.74) is 1.75. The molecule has 5 atom stereocenters. The van der Waals surface area contributed by atoms with Crippen molar-refractivity contribution >= 4 is 0 Å². The van der Waals surface area contributed by atoms with Crippen LogP contribution in [-0.4, -0.2) is 15.8 Å². The molecule has 2 saturated carbocycles. The van der Waals surface area contributed by atoms with E-state index in [1.54, 1.807) is 0 Å². The highest BCUT2D eigenvalue weighted by Gasteiger charge is 2.62. The minimum absolute atomic E-state index is 0.0860. The van der Waals surface area contributed by atoms with Gasteiger partial charge in [0.25, 0.3) is 0 Å². The van der Waals surface area contributed by atoms with Crippen molar-refractivity contribution in [3.8, 4) is 18.1 Å². The van der Waals surface area contributed by atoms with E-state index < -0.39 is 5.60 Å². The number of rotatable bonds is 1. The highest BCUT2D eigenvalue weighted by Crippen LogP contribution is 2.65. The van der Waals surface area contributed by atoms with Gasteiger partial charge in [-0.25, -0.2) is 0 Å². The van der Waals surface area contributed by atoms with E-state index in [-0.39, 0.29) is 5.41 Å². The van der Waals surface area contributed by atoms with Gasteiger partial charge in [-0.05, 0) is 86.0 Å². The fraction of sp³-hybridized carbons (Fsp3) is 0.619. The van der Waals surface area contributed by atoms with E-state index in [1.165, 1.54) is 11.1 Å². The number of aryl methyl sites for hydroxylation is 1. The van der Waals surface area contributed by atoms with Crippen molar-refractivity contribution < 1.29 is 10.2 Å². The first-order chi connectivity index (χ1) is 11.0. The largest absolute Gasteiger partial charge is 0.508 e. The predicted molar refractivity (Wildman–Crippen MR) is 91.1 cm³/mol. The first kappa shape index (κ1) is 15.1. The van der Waals surface area contributed by atoms with Crippen LogP contribution in [0.1, 0.15) is 62.5 Å². The summed E-state index contributed by atoms with van der Waals surface area (Å²) in [6.45, 7) is 2.20. The highest BCUT2D eigenvalue weighted by molar-refractivity contribution is 5.40. The maximum Gasteiger partial charge on any atom is 0.131 e. The fourth-order valence-electron chi connectivity index (χ4n) is 6.35. The average molecular weight is 310 g/mol. The van der Waals surface area contributed by atoms with Crippen molar-refractivity contribution in [1.82, 2.24) is 0 Å². The van der Waals surface area contributed by atoms with Crippen LogP contribution in [0.4, 0.5) is 0 Å². The summed E-state index contributed by atoms with van der Waals surface area (Å²) in [5.74, 6) is 4.89. The van der Waals surface area contributed by atoms with E-state index in [0.717, 1.165) is 44.9 Å². The molecule has 0 bridgehead atoms. The monoisotopic (exact) mass is 310 g/mol. The van der Waals surface area contributed by atoms with Gasteiger partial charge >= 0.3 is 0 Å². The van der Waals surface area contributed by atoms with Crippen LogP contribution in [0.25, 0.3) is 0 Å². The zero-order chi connectivity index (χ0) is 16.2. The standard InChI is InChI=1S/C21H26O2/c1-3-20-11-9-17-16-8-6-15(22)13-14(16)5-7-18(17)19(20)10-12-21(20,23)4-2/h2,6,8,13,17-19,22-23H,3,5,7,9-12H2,1H3/t17-,18-,19+,20+,21+/m1/s1. The van der Waals surface area contributed by atoms with Gasteiger partial charge in [0.1, 0.15) is 11.4 Å². The van der Waals surface area contributed by atoms with E-state index >= 15 is 0 Å². The Balaban J connectivity index is 1.74. The first-order valence-electron chi connectivity index (χ1n) is 9.06. The molecule has 1 aromatic carbocycles. The first-order valence-corrected chi connectivity index (χ1v) is 9.06. The molecule has 2 fully saturated rings. The lowest BCUT2D eigenvalue weighted by Gasteiger charge is -2.53. The number of aliphatic hydroxyl groups is 1. The van der Waals surface area contributed by atoms with Gasteiger partial charge in [-0.3, -0.25) is 0 Å². The minimum Gasteiger partial charge on any atom is -0.508 e. The lowest BCUT2D eigenvalue weighted by Crippen LogP contribution is -2.51. The highest BCUT2D eigenvalue weighted by atomic mass is 16.3. The predicted octanol–water partition coefficient (Wildman–Crippen LogP) is 4.00. The van der Waals surface area contributed by atoms with Crippen molar-refractivity contribution in [3.05, 3.63) is 29.3 Å². The second kappa shape index (κ2) is 5.02. The number of phenols is 1. The molecule has 2 nitrogen and oxygen atoms in total. The van der Waals surface area contributed by atoms with Crippen LogP contribution in [0.15, 0.2) is 18.2 Å². The smallest absolute Gasteiger partial charge is 0.131 e. The lowest BCUT2D eigenvalue weighted by molar-refractivity contribution is -0.0799. The van der Waals surface area contributed by atoms with Gasteiger partial charge in [-0.15, -0.1) is 6.42 Å². The molecule has 0 unspecified atom stereocenters. The molecule has 0 saturated heterocycles. The summed E-state index contributed by atoms with van der Waals surface area (Å²) < 4.78 is 0. The van der Waals surface area contributed by atoms with E-state index in [4.69, 9.17) is 6.42 Å². The van der Waals surface area contributed by atoms with E-state index in [1.807, 2.05) is 12.1 Å². The van der Waals surface area contributed by atoms with Gasteiger partial charge in [0.2, 0.25) is 0 Å². The fourth-order valence-corrected chi connectivity index (χ4v) is 6.35. The zero-order valence-electron chi connectivity index (χ0n) is 13.9. The lowest BCUT2D eigenvalue weighted by atomic mass is 9.52. The summed E-state index contributed by atoms with van der Waals surface area (Å²) in [4.78, 5) is 0. The SMILES string of the molecule is C#C[C@]1(O)CC[C@H]2[C@@H]3CCc4cc(O)ccc4[C@H]3CC[C@@]21CC. The van der Waals surface area contributed by atoms with Crippen molar-refractivity contribution in [1.29, 1.82) is 0 Å². The Morgan fingerprint density at radius 1 is 1.26 bits per heavy atom. The number of fused-ring (bicyclic) bond motifs is 5. The molecular formula is C21H26O2. The van der Waals surface area contributed by atoms with Crippen molar-refractivity contribution in [3.63, 3.8) is 0 Å². The summed E-state index contributed by atoms with van der Waals surface area (Å²) >= 11 is 0. The molecule has 0 radical (unpaired) electrons. The van der Waals surface area contributed by atoms with Gasteiger partial charge in [-0.1, -0.05) is 18.9 Å². The van der Waals surface area contributed by atoms with Crippen molar-refractivity contribution in [2.45, 2.75) is 63.4 Å². The topological polar surface area (TPSA) is 40.5 Å². The Labute approximate surface area is 138 Å². The number of aromatic hydroxyl groups is 1. The van der Waals surface area contributed by atoms with Gasteiger partial charge in [0.15, 0.2) is 0 Å². The maximum atomic E-state index is 11.1. The molecule has 2 N–H and O–H groups in total. The molecule has 23 heavy (non-hydrogen) atoms. The Morgan fingerprint density at radius 2 is 2.09 bits per heavy atom. The second-order valence-electron chi connectivity index (χ2n) is 7.89. The Hall–Kier alpha value is -1.46. The van der Waals surface area contributed by atoms with Gasteiger partial charge in [0.05, 0.1) is 0 Å². The average Bonchev–Trinajstić information content (AvgIpc) is 2.88. The molecule has 0 spiro atoms. The summed E-state index contributed by atoms with van der Waals surface area (Å²) in [6.07, 6.45) is 12.9. The van der Waals surface area contributed by atoms with Crippen LogP contribution in [0.2, 0.25) is 0 Å². The van der Waals surface area contributed by atoms with Crippen molar-refractivity contribution in [2.75, 3.05) is 0 Å². The molecule has 4 rings (SSSR count). The van der Waals surface area contributed by atoms with Crippen LogP contribution in [0.5, 0.6) is 5.75 Å². The minimum atomic E-state index is -0.910. The number of hydrogen-bond donors (Lipinski definition) is 2. The van der Waals surface area contributed by atoms with Crippen LogP contribution in [0.3, 0.4) is 0 Å². The molecule has 2 heteroatoms. The molecule has 1 aromatic rings. The quantitative estimate of drug-likeness (QED) is 0.770. The van der Waals surface area contributed by atoms with Crippen LogP contribution >= 0.6 is 0 Å². The normalized spacial score (nSPS) is 41.5. The molecule has 0 amide bonds. The third kappa shape index (κ3) is 1.86. The molecule has 3 aliphatic rings. The molecule has 3 aliphatic carbocycles. The van der Waals surface area contributed by atoms with E-state index in [9.17, 15) is 10.2 Å². The maximum absolute atomic E-state index is 11.1. The van der Waals surface area contributed by atoms with Crippen LogP contribution < -0.4 is 0 Å². The second-order valence-corrected chi connectivity index (χ2v) is 7.89. The summed E-state index contributed by atoms with van der Waals surface area (Å²) in [6, 6.07) is 5.90. The number of benzene rings is 1. The Morgan fingerprint density at radius 3 is 2.83 bits per heavy atom. The van der Waals surface area contributed by atoms with Gasteiger partial charge in [-0.2, -0.15) is 0 Å². The molecular weight excluding hydrogens is 284 g/mol. The third-order valence-electron chi connectivity index (χ3n) is 7.43. The van der Waals surface area contributed by atoms with Crippen molar-refractivity contribution in [2.24, 2.45) is 17.3 Å². The molecule has 0 heterocycles. The summed E-state index contributed by atoms with van der Waals surface area (Å²) in [7, 11) is 0. The Bertz CT molecular complexity index is 673. The van der Waals surface area contributed by atoms with E-state index in [2.05, 4.69) is 18.9 Å². The summed E-state index contributed by atoms with van der Waals surface area (Å²) in [5, 5.41) is 20.9.